The third-order valence-electron chi connectivity index (χ3n) is 1.41. The van der Waals surface area contributed by atoms with E-state index in [1.807, 2.05) is 6.07 Å². The van der Waals surface area contributed by atoms with Crippen LogP contribution in [-0.4, -0.2) is 0 Å². The minimum atomic E-state index is -1.52. The molecule has 0 heterocycles. The first kappa shape index (κ1) is 10.9. The third-order valence-corrected chi connectivity index (χ3v) is 2.40. The van der Waals surface area contributed by atoms with Crippen LogP contribution in [0.2, 0.25) is 5.02 Å². The zero-order chi connectivity index (χ0) is 10.1. The highest BCUT2D eigenvalue weighted by molar-refractivity contribution is 6.66. The normalized spacial score (nSPS) is 11.0. The highest BCUT2D eigenvalue weighted by atomic mass is 35.6. The van der Waals surface area contributed by atoms with Crippen LogP contribution in [0.15, 0.2) is 18.2 Å². The van der Waals surface area contributed by atoms with Crippen LogP contribution in [0.5, 0.6) is 0 Å². The summed E-state index contributed by atoms with van der Waals surface area (Å²) in [6.45, 7) is 0. The maximum Gasteiger partial charge on any atom is 0.216 e. The van der Waals surface area contributed by atoms with Gasteiger partial charge in [0, 0.05) is 5.56 Å². The Kier molecular flexibility index (Phi) is 3.32. The van der Waals surface area contributed by atoms with Gasteiger partial charge in [0.25, 0.3) is 0 Å². The van der Waals surface area contributed by atoms with Gasteiger partial charge >= 0.3 is 0 Å². The number of alkyl halides is 3. The highest BCUT2D eigenvalue weighted by Crippen LogP contribution is 2.39. The Hall–Kier alpha value is -0.130. The summed E-state index contributed by atoms with van der Waals surface area (Å²) in [5.41, 5.74) is 0.726. The predicted octanol–water partition coefficient (Wildman–Crippen LogP) is 4.04. The van der Waals surface area contributed by atoms with Crippen LogP contribution >= 0.6 is 46.4 Å². The zero-order valence-electron chi connectivity index (χ0n) is 6.19. The van der Waals surface area contributed by atoms with Gasteiger partial charge in [0.1, 0.15) is 6.07 Å². The second kappa shape index (κ2) is 3.94. The summed E-state index contributed by atoms with van der Waals surface area (Å²) in [5, 5.41) is 8.99. The number of benzene rings is 1. The lowest BCUT2D eigenvalue weighted by molar-refractivity contribution is 1.23. The lowest BCUT2D eigenvalue weighted by atomic mass is 10.1. The second-order valence-corrected chi connectivity index (χ2v) is 4.99. The van der Waals surface area contributed by atoms with Crippen molar-refractivity contribution < 1.29 is 0 Å². The summed E-state index contributed by atoms with van der Waals surface area (Å²) in [6.07, 6.45) is 0. The van der Waals surface area contributed by atoms with E-state index >= 15 is 0 Å². The Labute approximate surface area is 95.8 Å². The van der Waals surface area contributed by atoms with Crippen LogP contribution in [0.4, 0.5) is 0 Å². The van der Waals surface area contributed by atoms with E-state index in [2.05, 4.69) is 0 Å². The van der Waals surface area contributed by atoms with E-state index in [4.69, 9.17) is 51.7 Å². The Morgan fingerprint density at radius 3 is 2.31 bits per heavy atom. The molecular formula is C8H3Cl4N. The van der Waals surface area contributed by atoms with Gasteiger partial charge in [-0.25, -0.2) is 0 Å². The molecular weight excluding hydrogens is 252 g/mol. The quantitative estimate of drug-likeness (QED) is 0.641. The molecule has 13 heavy (non-hydrogen) atoms. The Balaban J connectivity index is 3.24. The number of rotatable bonds is 0. The molecule has 68 valence electrons. The minimum absolute atomic E-state index is 0.297. The molecule has 1 rings (SSSR count). The SMILES string of the molecule is N#Cc1cc(C(Cl)(Cl)Cl)ccc1Cl. The van der Waals surface area contributed by atoms with Crippen LogP contribution < -0.4 is 0 Å². The zero-order valence-corrected chi connectivity index (χ0v) is 9.21. The summed E-state index contributed by atoms with van der Waals surface area (Å²) >= 11 is 22.5. The fourth-order valence-corrected chi connectivity index (χ4v) is 1.30. The topological polar surface area (TPSA) is 23.8 Å². The van der Waals surface area contributed by atoms with Gasteiger partial charge in [-0.15, -0.1) is 0 Å². The molecule has 0 atom stereocenters. The molecule has 0 unspecified atom stereocenters. The van der Waals surface area contributed by atoms with E-state index in [9.17, 15) is 0 Å². The lowest BCUT2D eigenvalue weighted by Gasteiger charge is -2.11. The maximum atomic E-state index is 8.64. The van der Waals surface area contributed by atoms with Crippen LogP contribution in [0.1, 0.15) is 11.1 Å². The largest absolute Gasteiger partial charge is 0.216 e. The van der Waals surface area contributed by atoms with Gasteiger partial charge < -0.3 is 0 Å². The van der Waals surface area contributed by atoms with Crippen molar-refractivity contribution in [3.8, 4) is 6.07 Å². The van der Waals surface area contributed by atoms with Gasteiger partial charge in [-0.1, -0.05) is 52.5 Å². The van der Waals surface area contributed by atoms with Crippen LogP contribution in [0.25, 0.3) is 0 Å². The number of hydrogen-bond donors (Lipinski definition) is 0. The van der Waals surface area contributed by atoms with E-state index in [0.717, 1.165) is 0 Å². The Morgan fingerprint density at radius 1 is 1.23 bits per heavy atom. The average molecular weight is 255 g/mol. The number of halogens is 4. The van der Waals surface area contributed by atoms with Crippen molar-refractivity contribution in [2.75, 3.05) is 0 Å². The van der Waals surface area contributed by atoms with Crippen molar-refractivity contribution in [3.63, 3.8) is 0 Å². The summed E-state index contributed by atoms with van der Waals surface area (Å²) in [6, 6.07) is 6.44. The minimum Gasteiger partial charge on any atom is -0.192 e. The molecule has 0 radical (unpaired) electrons. The average Bonchev–Trinajstić information content (AvgIpc) is 2.03. The van der Waals surface area contributed by atoms with Crippen molar-refractivity contribution in [3.05, 3.63) is 34.3 Å². The van der Waals surface area contributed by atoms with E-state index in [-0.39, 0.29) is 0 Å². The van der Waals surface area contributed by atoms with Crippen molar-refractivity contribution >= 4 is 46.4 Å². The summed E-state index contributed by atoms with van der Waals surface area (Å²) in [4.78, 5) is 0. The van der Waals surface area contributed by atoms with Crippen molar-refractivity contribution in [2.45, 2.75) is 3.79 Å². The number of nitriles is 1. The first-order valence-electron chi connectivity index (χ1n) is 3.22. The molecule has 0 aliphatic rings. The molecule has 0 aliphatic heterocycles. The van der Waals surface area contributed by atoms with Gasteiger partial charge in [0.2, 0.25) is 3.79 Å². The molecule has 1 nitrogen and oxygen atoms in total. The third kappa shape index (κ3) is 2.65. The molecule has 0 N–H and O–H groups in total. The van der Waals surface area contributed by atoms with Gasteiger partial charge in [-0.2, -0.15) is 5.26 Å². The van der Waals surface area contributed by atoms with Gasteiger partial charge in [0.15, 0.2) is 0 Å². The molecule has 1 aromatic rings. The van der Waals surface area contributed by atoms with Crippen molar-refractivity contribution in [1.29, 1.82) is 5.26 Å². The van der Waals surface area contributed by atoms with Crippen molar-refractivity contribution in [1.82, 2.24) is 0 Å². The summed E-state index contributed by atoms with van der Waals surface area (Å²) in [5.74, 6) is 0. The Morgan fingerprint density at radius 2 is 1.85 bits per heavy atom. The fourth-order valence-electron chi connectivity index (χ4n) is 0.787. The molecule has 0 fully saturated rings. The molecule has 0 bridgehead atoms. The van der Waals surface area contributed by atoms with E-state index in [1.54, 1.807) is 6.07 Å². The monoisotopic (exact) mass is 253 g/mol. The van der Waals surface area contributed by atoms with Crippen LogP contribution in [0.3, 0.4) is 0 Å². The Bertz CT molecular complexity index is 361. The molecule has 0 aliphatic carbocycles. The molecule has 0 amide bonds. The molecule has 0 aromatic heterocycles. The van der Waals surface area contributed by atoms with Gasteiger partial charge in [-0.3, -0.25) is 0 Å². The highest BCUT2D eigenvalue weighted by Gasteiger charge is 2.23. The fraction of sp³-hybridized carbons (Fsp3) is 0.125. The van der Waals surface area contributed by atoms with Crippen molar-refractivity contribution in [2.24, 2.45) is 0 Å². The van der Waals surface area contributed by atoms with Gasteiger partial charge in [-0.05, 0) is 12.1 Å². The summed E-state index contributed by atoms with van der Waals surface area (Å²) in [7, 11) is 0. The molecule has 1 aromatic carbocycles. The summed E-state index contributed by atoms with van der Waals surface area (Å²) < 4.78 is -1.52. The molecule has 0 spiro atoms. The van der Waals surface area contributed by atoms with Crippen LogP contribution in [-0.2, 0) is 3.79 Å². The molecule has 0 saturated heterocycles. The van der Waals surface area contributed by atoms with E-state index in [1.165, 1.54) is 12.1 Å². The van der Waals surface area contributed by atoms with Gasteiger partial charge in [0.05, 0.1) is 10.6 Å². The lowest BCUT2D eigenvalue weighted by Crippen LogP contribution is -2.00. The van der Waals surface area contributed by atoms with E-state index in [0.29, 0.717) is 16.1 Å². The molecule has 5 heteroatoms. The smallest absolute Gasteiger partial charge is 0.192 e. The van der Waals surface area contributed by atoms with Crippen LogP contribution in [0, 0.1) is 11.3 Å². The first-order chi connectivity index (χ1) is 5.95. The molecule has 0 saturated carbocycles. The number of hydrogen-bond acceptors (Lipinski definition) is 1. The maximum absolute atomic E-state index is 8.64. The first-order valence-corrected chi connectivity index (χ1v) is 4.73. The second-order valence-electron chi connectivity index (χ2n) is 2.30. The number of nitrogens with zero attached hydrogens (tertiary/aromatic N) is 1. The predicted molar refractivity (Wildman–Crippen MR) is 55.4 cm³/mol. The standard InChI is InChI=1S/C8H3Cl4N/c9-7-2-1-6(8(10,11)12)3-5(7)4-13/h1-3H. The van der Waals surface area contributed by atoms with E-state index < -0.39 is 3.79 Å².